The zero-order valence-corrected chi connectivity index (χ0v) is 10.8. The molecule has 0 fully saturated rings. The van der Waals surface area contributed by atoms with E-state index in [-0.39, 0.29) is 0 Å². The quantitative estimate of drug-likeness (QED) is 0.738. The topological polar surface area (TPSA) is 61.3 Å². The summed E-state index contributed by atoms with van der Waals surface area (Å²) in [6, 6.07) is 0. The van der Waals surface area contributed by atoms with Gasteiger partial charge in [0.2, 0.25) is 0 Å². The van der Waals surface area contributed by atoms with Gasteiger partial charge in [-0.3, -0.25) is 0 Å². The molecule has 0 radical (unpaired) electrons. The minimum atomic E-state index is 0.483. The summed E-state index contributed by atoms with van der Waals surface area (Å²) in [5.41, 5.74) is 15.9. The van der Waals surface area contributed by atoms with Crippen LogP contribution in [0, 0.1) is 13.8 Å². The molecule has 4 N–H and O–H groups in total. The predicted molar refractivity (Wildman–Crippen MR) is 70.2 cm³/mol. The Morgan fingerprint density at radius 1 is 1.25 bits per heavy atom. The molecule has 1 aliphatic heterocycles. The third-order valence-electron chi connectivity index (χ3n) is 3.22. The van der Waals surface area contributed by atoms with E-state index in [9.17, 15) is 0 Å². The van der Waals surface area contributed by atoms with Crippen molar-refractivity contribution in [2.45, 2.75) is 37.3 Å². The fraction of sp³-hybridized carbons (Fsp3) is 0.500. The van der Waals surface area contributed by atoms with Gasteiger partial charge in [-0.1, -0.05) is 6.92 Å². The van der Waals surface area contributed by atoms with E-state index in [2.05, 4.69) is 6.92 Å². The van der Waals surface area contributed by atoms with Crippen LogP contribution in [-0.2, 0) is 0 Å². The lowest BCUT2D eigenvalue weighted by Gasteiger charge is -2.28. The van der Waals surface area contributed by atoms with E-state index >= 15 is 0 Å². The van der Waals surface area contributed by atoms with Crippen molar-refractivity contribution < 1.29 is 4.74 Å². The highest BCUT2D eigenvalue weighted by atomic mass is 32.2. The summed E-state index contributed by atoms with van der Waals surface area (Å²) < 4.78 is 5.75. The van der Waals surface area contributed by atoms with Gasteiger partial charge in [-0.2, -0.15) is 0 Å². The lowest BCUT2D eigenvalue weighted by Crippen LogP contribution is -2.20. The average molecular weight is 238 g/mol. The Morgan fingerprint density at radius 3 is 2.50 bits per heavy atom. The Morgan fingerprint density at radius 2 is 1.88 bits per heavy atom. The number of nitrogen functional groups attached to an aromatic ring is 2. The summed E-state index contributed by atoms with van der Waals surface area (Å²) in [6.07, 6.45) is 1.08. The van der Waals surface area contributed by atoms with Crippen molar-refractivity contribution >= 4 is 23.1 Å². The molecule has 0 saturated heterocycles. The molecule has 1 unspecified atom stereocenters. The predicted octanol–water partition coefficient (Wildman–Crippen LogP) is 2.73. The summed E-state index contributed by atoms with van der Waals surface area (Å²) in [4.78, 5) is 1.03. The van der Waals surface area contributed by atoms with Crippen LogP contribution in [0.1, 0.15) is 24.5 Å². The number of nitrogens with two attached hydrogens (primary N) is 2. The molecule has 3 nitrogen and oxygen atoms in total. The third kappa shape index (κ3) is 1.61. The molecule has 4 heteroatoms. The maximum absolute atomic E-state index is 6.13. The largest absolute Gasteiger partial charge is 0.489 e. The number of fused-ring (bicyclic) bond motifs is 1. The van der Waals surface area contributed by atoms with Crippen LogP contribution in [0.4, 0.5) is 11.4 Å². The second kappa shape index (κ2) is 4.09. The normalized spacial score (nSPS) is 19.1. The van der Waals surface area contributed by atoms with Gasteiger partial charge in [0.1, 0.15) is 6.61 Å². The molecule has 0 aromatic heterocycles. The van der Waals surface area contributed by atoms with E-state index < -0.39 is 0 Å². The van der Waals surface area contributed by atoms with Gasteiger partial charge in [0.15, 0.2) is 5.75 Å². The number of rotatable bonds is 1. The summed E-state index contributed by atoms with van der Waals surface area (Å²) in [5, 5.41) is 0.483. The van der Waals surface area contributed by atoms with Crippen LogP contribution in [0.25, 0.3) is 0 Å². The number of ether oxygens (including phenoxy) is 1. The van der Waals surface area contributed by atoms with Crippen molar-refractivity contribution in [3.8, 4) is 5.75 Å². The lowest BCUT2D eigenvalue weighted by atomic mass is 10.1. The highest BCUT2D eigenvalue weighted by Gasteiger charge is 2.25. The molecule has 0 amide bonds. The Bertz CT molecular complexity index is 432. The number of thioether (sulfide) groups is 1. The van der Waals surface area contributed by atoms with Crippen LogP contribution < -0.4 is 16.2 Å². The van der Waals surface area contributed by atoms with Crippen LogP contribution in [0.2, 0.25) is 0 Å². The molecule has 1 atom stereocenters. The molecular formula is C12H18N2OS. The molecule has 0 bridgehead atoms. The summed E-state index contributed by atoms with van der Waals surface area (Å²) in [7, 11) is 0. The van der Waals surface area contributed by atoms with Crippen molar-refractivity contribution in [2.24, 2.45) is 0 Å². The number of hydrogen-bond donors (Lipinski definition) is 2. The third-order valence-corrected chi connectivity index (χ3v) is 4.66. The summed E-state index contributed by atoms with van der Waals surface area (Å²) in [5.74, 6) is 0.787. The second-order valence-electron chi connectivity index (χ2n) is 4.19. The van der Waals surface area contributed by atoms with Gasteiger partial charge in [-0.05, 0) is 31.4 Å². The van der Waals surface area contributed by atoms with Crippen molar-refractivity contribution in [3.63, 3.8) is 0 Å². The first kappa shape index (κ1) is 11.5. The summed E-state index contributed by atoms with van der Waals surface area (Å²) >= 11 is 1.79. The SMILES string of the molecule is CCC1COc2c(N)c(C)c(C)c(N)c2S1. The van der Waals surface area contributed by atoms with Gasteiger partial charge in [-0.15, -0.1) is 11.8 Å². The Labute approximate surface area is 101 Å². The van der Waals surface area contributed by atoms with Gasteiger partial charge in [-0.25, -0.2) is 0 Å². The fourth-order valence-corrected chi connectivity index (χ4v) is 3.02. The highest BCUT2D eigenvalue weighted by Crippen LogP contribution is 2.48. The minimum absolute atomic E-state index is 0.483. The first-order valence-corrected chi connectivity index (χ1v) is 6.41. The molecule has 0 aliphatic carbocycles. The van der Waals surface area contributed by atoms with E-state index in [0.717, 1.165) is 46.2 Å². The molecule has 0 spiro atoms. The van der Waals surface area contributed by atoms with Crippen LogP contribution in [0.15, 0.2) is 4.90 Å². The van der Waals surface area contributed by atoms with E-state index in [1.54, 1.807) is 11.8 Å². The Balaban J connectivity index is 2.56. The van der Waals surface area contributed by atoms with Crippen LogP contribution >= 0.6 is 11.8 Å². The van der Waals surface area contributed by atoms with Crippen molar-refractivity contribution in [2.75, 3.05) is 18.1 Å². The Kier molecular flexibility index (Phi) is 2.93. The molecule has 1 heterocycles. The summed E-state index contributed by atoms with van der Waals surface area (Å²) in [6.45, 7) is 6.88. The molecule has 0 saturated carbocycles. The molecule has 1 aromatic rings. The Hall–Kier alpha value is -1.03. The van der Waals surface area contributed by atoms with Gasteiger partial charge < -0.3 is 16.2 Å². The minimum Gasteiger partial charge on any atom is -0.489 e. The van der Waals surface area contributed by atoms with Crippen molar-refractivity contribution in [3.05, 3.63) is 11.1 Å². The van der Waals surface area contributed by atoms with Crippen molar-refractivity contribution in [1.29, 1.82) is 0 Å². The average Bonchev–Trinajstić information content (AvgIpc) is 2.33. The molecule has 88 valence electrons. The van der Waals surface area contributed by atoms with E-state index in [1.165, 1.54) is 0 Å². The second-order valence-corrected chi connectivity index (χ2v) is 5.51. The molecular weight excluding hydrogens is 220 g/mol. The number of anilines is 2. The first-order chi connectivity index (χ1) is 7.56. The maximum Gasteiger partial charge on any atom is 0.158 e. The van der Waals surface area contributed by atoms with E-state index in [0.29, 0.717) is 5.25 Å². The van der Waals surface area contributed by atoms with E-state index in [1.807, 2.05) is 13.8 Å². The number of benzene rings is 1. The number of hydrogen-bond acceptors (Lipinski definition) is 4. The van der Waals surface area contributed by atoms with Crippen LogP contribution in [-0.4, -0.2) is 11.9 Å². The lowest BCUT2D eigenvalue weighted by molar-refractivity contribution is 0.302. The zero-order chi connectivity index (χ0) is 11.9. The fourth-order valence-electron chi connectivity index (χ4n) is 1.83. The van der Waals surface area contributed by atoms with Crippen molar-refractivity contribution in [1.82, 2.24) is 0 Å². The van der Waals surface area contributed by atoms with Crippen LogP contribution in [0.3, 0.4) is 0 Å². The molecule has 1 aromatic carbocycles. The standard InChI is InChI=1S/C12H18N2OS/c1-4-8-5-15-11-9(13)6(2)7(3)10(14)12(11)16-8/h8H,4-5,13-14H2,1-3H3. The van der Waals surface area contributed by atoms with Gasteiger partial charge in [0.05, 0.1) is 16.3 Å². The van der Waals surface area contributed by atoms with E-state index in [4.69, 9.17) is 16.2 Å². The van der Waals surface area contributed by atoms with Gasteiger partial charge in [0, 0.05) is 5.25 Å². The van der Waals surface area contributed by atoms with Crippen LogP contribution in [0.5, 0.6) is 5.75 Å². The van der Waals surface area contributed by atoms with Gasteiger partial charge in [0.25, 0.3) is 0 Å². The highest BCUT2D eigenvalue weighted by molar-refractivity contribution is 8.00. The smallest absolute Gasteiger partial charge is 0.158 e. The zero-order valence-electron chi connectivity index (χ0n) is 9.96. The maximum atomic E-state index is 6.13. The van der Waals surface area contributed by atoms with Gasteiger partial charge >= 0.3 is 0 Å². The molecule has 1 aliphatic rings. The monoisotopic (exact) mass is 238 g/mol. The molecule has 16 heavy (non-hydrogen) atoms. The molecule has 2 rings (SSSR count). The first-order valence-electron chi connectivity index (χ1n) is 5.53.